The van der Waals surface area contributed by atoms with Crippen LogP contribution in [0.25, 0.3) is 11.6 Å². The van der Waals surface area contributed by atoms with E-state index in [4.69, 9.17) is 4.74 Å². The summed E-state index contributed by atoms with van der Waals surface area (Å²) in [7, 11) is 0. The maximum Gasteiger partial charge on any atom is 0.256 e. The number of amides is 2. The van der Waals surface area contributed by atoms with Crippen molar-refractivity contribution < 1.29 is 18.7 Å². The van der Waals surface area contributed by atoms with Gasteiger partial charge in [-0.15, -0.1) is 0 Å². The number of morpholine rings is 1. The molecule has 2 amide bonds. The van der Waals surface area contributed by atoms with Gasteiger partial charge in [0.25, 0.3) is 11.8 Å². The molecule has 8 heteroatoms. The first-order valence-electron chi connectivity index (χ1n) is 11.1. The Morgan fingerprint density at radius 1 is 1.22 bits per heavy atom. The highest BCUT2D eigenvalue weighted by Gasteiger charge is 2.33. The SMILES string of the molecule is Cc1[nH]c(/C=C2\C(=O)Nc3ccc(F)cc32)c(C)c1C(=O)N1CC[C@@H](N2CCOCC2)C1. The number of likely N-dealkylation sites (tertiary alicyclic amines) is 1. The van der Waals surface area contributed by atoms with Crippen LogP contribution >= 0.6 is 0 Å². The number of carbonyl (C=O) groups excluding carboxylic acids is 2. The van der Waals surface area contributed by atoms with E-state index in [2.05, 4.69) is 15.2 Å². The van der Waals surface area contributed by atoms with E-state index >= 15 is 0 Å². The number of rotatable bonds is 3. The second kappa shape index (κ2) is 8.18. The van der Waals surface area contributed by atoms with Crippen LogP contribution in [0, 0.1) is 19.7 Å². The van der Waals surface area contributed by atoms with Crippen molar-refractivity contribution in [1.82, 2.24) is 14.8 Å². The smallest absolute Gasteiger partial charge is 0.256 e. The Labute approximate surface area is 186 Å². The minimum Gasteiger partial charge on any atom is -0.379 e. The molecule has 0 unspecified atom stereocenters. The number of benzene rings is 1. The van der Waals surface area contributed by atoms with Crippen molar-refractivity contribution in [2.45, 2.75) is 26.3 Å². The lowest BCUT2D eigenvalue weighted by molar-refractivity contribution is -0.110. The molecule has 2 aromatic rings. The first kappa shape index (κ1) is 20.9. The maximum absolute atomic E-state index is 13.8. The highest BCUT2D eigenvalue weighted by molar-refractivity contribution is 6.34. The molecule has 0 spiro atoms. The van der Waals surface area contributed by atoms with Gasteiger partial charge in [0.15, 0.2) is 0 Å². The fourth-order valence-corrected chi connectivity index (χ4v) is 5.01. The lowest BCUT2D eigenvalue weighted by atomic mass is 10.0. The van der Waals surface area contributed by atoms with Crippen LogP contribution in [0.15, 0.2) is 18.2 Å². The molecule has 5 rings (SSSR count). The molecule has 0 aliphatic carbocycles. The summed E-state index contributed by atoms with van der Waals surface area (Å²) >= 11 is 0. The highest BCUT2D eigenvalue weighted by Crippen LogP contribution is 2.34. The van der Waals surface area contributed by atoms with Gasteiger partial charge in [0.1, 0.15) is 5.82 Å². The highest BCUT2D eigenvalue weighted by atomic mass is 19.1. The number of nitrogens with one attached hydrogen (secondary N) is 2. The van der Waals surface area contributed by atoms with E-state index in [0.29, 0.717) is 40.7 Å². The van der Waals surface area contributed by atoms with Gasteiger partial charge in [-0.3, -0.25) is 14.5 Å². The summed E-state index contributed by atoms with van der Waals surface area (Å²) in [5.74, 6) is -0.665. The van der Waals surface area contributed by atoms with Crippen LogP contribution in [0.1, 0.15) is 39.3 Å². The number of anilines is 1. The molecule has 1 atom stereocenters. The van der Waals surface area contributed by atoms with Gasteiger partial charge in [-0.2, -0.15) is 0 Å². The molecule has 3 aliphatic heterocycles. The average Bonchev–Trinajstić information content (AvgIpc) is 3.46. The molecule has 0 saturated carbocycles. The van der Waals surface area contributed by atoms with Crippen LogP contribution in [-0.4, -0.2) is 72.0 Å². The molecule has 168 valence electrons. The lowest BCUT2D eigenvalue weighted by Gasteiger charge is -2.32. The zero-order valence-electron chi connectivity index (χ0n) is 18.3. The van der Waals surface area contributed by atoms with Gasteiger partial charge >= 0.3 is 0 Å². The summed E-state index contributed by atoms with van der Waals surface area (Å²) in [6, 6.07) is 4.61. The Morgan fingerprint density at radius 2 is 2.00 bits per heavy atom. The fourth-order valence-electron chi connectivity index (χ4n) is 5.01. The number of fused-ring (bicyclic) bond motifs is 1. The minimum absolute atomic E-state index is 0.0129. The molecule has 1 aromatic heterocycles. The van der Waals surface area contributed by atoms with Gasteiger partial charge in [-0.25, -0.2) is 4.39 Å². The van der Waals surface area contributed by atoms with E-state index in [1.54, 1.807) is 12.1 Å². The molecule has 2 saturated heterocycles. The summed E-state index contributed by atoms with van der Waals surface area (Å²) in [6.45, 7) is 8.54. The molecule has 0 radical (unpaired) electrons. The van der Waals surface area contributed by atoms with Crippen LogP contribution in [0.3, 0.4) is 0 Å². The first-order chi connectivity index (χ1) is 15.4. The van der Waals surface area contributed by atoms with Crippen molar-refractivity contribution in [3.05, 3.63) is 52.1 Å². The monoisotopic (exact) mass is 438 g/mol. The molecule has 2 N–H and O–H groups in total. The van der Waals surface area contributed by atoms with Gasteiger partial charge in [0.05, 0.1) is 24.4 Å². The standard InChI is InChI=1S/C24H27FN4O3/c1-14-21(12-19-18-11-16(25)3-4-20(18)27-23(19)30)26-15(2)22(14)24(31)29-6-5-17(13-29)28-7-9-32-10-8-28/h3-4,11-12,17,26H,5-10,13H2,1-2H3,(H,27,30)/b19-12-/t17-/m1/s1. The van der Waals surface area contributed by atoms with Crippen molar-refractivity contribution in [3.8, 4) is 0 Å². The third-order valence-corrected chi connectivity index (χ3v) is 6.76. The zero-order valence-corrected chi connectivity index (χ0v) is 18.3. The lowest BCUT2D eigenvalue weighted by Crippen LogP contribution is -2.45. The predicted octanol–water partition coefficient (Wildman–Crippen LogP) is 2.81. The Morgan fingerprint density at radius 3 is 2.78 bits per heavy atom. The minimum atomic E-state index is -0.398. The van der Waals surface area contributed by atoms with E-state index in [0.717, 1.165) is 50.5 Å². The van der Waals surface area contributed by atoms with Crippen LogP contribution in [0.5, 0.6) is 0 Å². The number of aromatic nitrogens is 1. The molecule has 4 heterocycles. The molecule has 1 aromatic carbocycles. The fraction of sp³-hybridized carbons (Fsp3) is 0.417. The largest absolute Gasteiger partial charge is 0.379 e. The van der Waals surface area contributed by atoms with Gasteiger partial charge in [0, 0.05) is 54.9 Å². The molecular weight excluding hydrogens is 411 g/mol. The first-order valence-corrected chi connectivity index (χ1v) is 11.1. The Hall–Kier alpha value is -2.97. The average molecular weight is 439 g/mol. The van der Waals surface area contributed by atoms with E-state index in [1.807, 2.05) is 18.7 Å². The summed E-state index contributed by atoms with van der Waals surface area (Å²) < 4.78 is 19.2. The quantitative estimate of drug-likeness (QED) is 0.723. The second-order valence-corrected chi connectivity index (χ2v) is 8.71. The molecule has 7 nitrogen and oxygen atoms in total. The predicted molar refractivity (Wildman–Crippen MR) is 120 cm³/mol. The molecule has 32 heavy (non-hydrogen) atoms. The summed E-state index contributed by atoms with van der Waals surface area (Å²) in [6.07, 6.45) is 2.67. The van der Waals surface area contributed by atoms with Gasteiger partial charge in [0.2, 0.25) is 0 Å². The number of carbonyl (C=O) groups is 2. The van der Waals surface area contributed by atoms with E-state index < -0.39 is 5.82 Å². The summed E-state index contributed by atoms with van der Waals surface area (Å²) in [4.78, 5) is 33.5. The van der Waals surface area contributed by atoms with Gasteiger partial charge < -0.3 is 19.9 Å². The summed E-state index contributed by atoms with van der Waals surface area (Å²) in [5, 5.41) is 2.76. The van der Waals surface area contributed by atoms with E-state index in [9.17, 15) is 14.0 Å². The van der Waals surface area contributed by atoms with Crippen LogP contribution in [0.2, 0.25) is 0 Å². The number of hydrogen-bond donors (Lipinski definition) is 2. The van der Waals surface area contributed by atoms with Crippen molar-refractivity contribution >= 4 is 29.2 Å². The molecule has 2 fully saturated rings. The van der Waals surface area contributed by atoms with Gasteiger partial charge in [-0.1, -0.05) is 0 Å². The molecule has 0 bridgehead atoms. The zero-order chi connectivity index (χ0) is 22.4. The number of H-pyrrole nitrogens is 1. The topological polar surface area (TPSA) is 77.7 Å². The number of ether oxygens (including phenoxy) is 1. The molecule has 3 aliphatic rings. The van der Waals surface area contributed by atoms with Crippen molar-refractivity contribution in [3.63, 3.8) is 0 Å². The van der Waals surface area contributed by atoms with Gasteiger partial charge in [-0.05, 0) is 50.1 Å². The Kier molecular flexibility index (Phi) is 5.35. The number of halogens is 1. The van der Waals surface area contributed by atoms with Crippen molar-refractivity contribution in [2.75, 3.05) is 44.7 Å². The van der Waals surface area contributed by atoms with Crippen LogP contribution in [-0.2, 0) is 9.53 Å². The number of hydrogen-bond acceptors (Lipinski definition) is 4. The number of aryl methyl sites for hydroxylation is 1. The third kappa shape index (κ3) is 3.63. The Bertz CT molecular complexity index is 1120. The number of nitrogens with zero attached hydrogens (tertiary/aromatic N) is 2. The normalized spacial score (nSPS) is 22.5. The van der Waals surface area contributed by atoms with E-state index in [1.165, 1.54) is 12.1 Å². The van der Waals surface area contributed by atoms with E-state index in [-0.39, 0.29) is 11.8 Å². The van der Waals surface area contributed by atoms with Crippen LogP contribution < -0.4 is 5.32 Å². The third-order valence-electron chi connectivity index (χ3n) is 6.76. The summed E-state index contributed by atoms with van der Waals surface area (Å²) in [5.41, 5.74) is 4.42. The van der Waals surface area contributed by atoms with Crippen LogP contribution in [0.4, 0.5) is 10.1 Å². The van der Waals surface area contributed by atoms with Crippen molar-refractivity contribution in [1.29, 1.82) is 0 Å². The number of aromatic amines is 1. The maximum atomic E-state index is 13.8. The molecular formula is C24H27FN4O3. The van der Waals surface area contributed by atoms with Crippen molar-refractivity contribution in [2.24, 2.45) is 0 Å². The second-order valence-electron chi connectivity index (χ2n) is 8.71. The Balaban J connectivity index is 1.39.